The van der Waals surface area contributed by atoms with Crippen molar-refractivity contribution in [2.45, 2.75) is 6.54 Å². The summed E-state index contributed by atoms with van der Waals surface area (Å²) < 4.78 is 0. The molecule has 96 valence electrons. The molecule has 1 fully saturated rings. The number of halogens is 1. The van der Waals surface area contributed by atoms with Crippen LogP contribution in [0.1, 0.15) is 5.56 Å². The van der Waals surface area contributed by atoms with E-state index < -0.39 is 0 Å². The molecule has 1 heterocycles. The third kappa shape index (κ3) is 2.63. The molecule has 2 N–H and O–H groups in total. The first-order valence-electron chi connectivity index (χ1n) is 5.61. The van der Waals surface area contributed by atoms with Gasteiger partial charge in [-0.2, -0.15) is 0 Å². The van der Waals surface area contributed by atoms with Gasteiger partial charge in [0.1, 0.15) is 0 Å². The lowest BCUT2D eigenvalue weighted by Crippen LogP contribution is -2.51. The zero-order chi connectivity index (χ0) is 13.1. The number of rotatable bonds is 3. The van der Waals surface area contributed by atoms with E-state index in [4.69, 9.17) is 11.6 Å². The number of hydrogen-bond acceptors (Lipinski definition) is 4. The summed E-state index contributed by atoms with van der Waals surface area (Å²) in [6.07, 6.45) is 0. The summed E-state index contributed by atoms with van der Waals surface area (Å²) >= 11 is 6.18. The summed E-state index contributed by atoms with van der Waals surface area (Å²) in [6.45, 7) is 0.917. The van der Waals surface area contributed by atoms with Crippen molar-refractivity contribution in [2.75, 3.05) is 25.0 Å². The lowest BCUT2D eigenvalue weighted by molar-refractivity contribution is -0.130. The number of nitrogens with one attached hydrogen (secondary N) is 2. The summed E-state index contributed by atoms with van der Waals surface area (Å²) in [4.78, 5) is 24.5. The average molecular weight is 268 g/mol. The van der Waals surface area contributed by atoms with E-state index in [0.717, 1.165) is 11.3 Å². The van der Waals surface area contributed by atoms with Crippen molar-refractivity contribution in [1.29, 1.82) is 0 Å². The molecule has 1 aromatic carbocycles. The highest BCUT2D eigenvalue weighted by Crippen LogP contribution is 2.30. The fourth-order valence-electron chi connectivity index (χ4n) is 2.04. The number of hydrogen-bond donors (Lipinski definition) is 2. The fraction of sp³-hybridized carbons (Fsp3) is 0.333. The average Bonchev–Trinajstić information content (AvgIpc) is 2.28. The number of anilines is 1. The first-order chi connectivity index (χ1) is 8.61. The fourth-order valence-corrected chi connectivity index (χ4v) is 2.36. The van der Waals surface area contributed by atoms with E-state index in [0.29, 0.717) is 11.6 Å². The molecule has 2 amide bonds. The first kappa shape index (κ1) is 12.9. The van der Waals surface area contributed by atoms with Gasteiger partial charge < -0.3 is 10.2 Å². The second-order valence-electron chi connectivity index (χ2n) is 4.11. The van der Waals surface area contributed by atoms with Crippen LogP contribution in [0.4, 0.5) is 5.69 Å². The Labute approximate surface area is 110 Å². The number of nitrogens with zero attached hydrogens (tertiary/aromatic N) is 1. The van der Waals surface area contributed by atoms with Crippen LogP contribution in [0.3, 0.4) is 0 Å². The van der Waals surface area contributed by atoms with Crippen LogP contribution in [0.15, 0.2) is 18.2 Å². The molecule has 1 saturated heterocycles. The van der Waals surface area contributed by atoms with Crippen LogP contribution < -0.4 is 15.5 Å². The van der Waals surface area contributed by atoms with Gasteiger partial charge >= 0.3 is 0 Å². The maximum Gasteiger partial charge on any atom is 0.246 e. The minimum Gasteiger partial charge on any atom is -0.351 e. The third-order valence-corrected chi connectivity index (χ3v) is 3.01. The molecule has 18 heavy (non-hydrogen) atoms. The van der Waals surface area contributed by atoms with Gasteiger partial charge in [0.05, 0.1) is 23.8 Å². The Morgan fingerprint density at radius 2 is 2.00 bits per heavy atom. The molecule has 0 radical (unpaired) electrons. The largest absolute Gasteiger partial charge is 0.351 e. The summed E-state index contributed by atoms with van der Waals surface area (Å²) in [5.74, 6) is -0.608. The highest BCUT2D eigenvalue weighted by Gasteiger charge is 2.25. The molecule has 1 aliphatic rings. The van der Waals surface area contributed by atoms with Crippen molar-refractivity contribution < 1.29 is 9.59 Å². The molecule has 2 rings (SSSR count). The van der Waals surface area contributed by atoms with Gasteiger partial charge in [-0.3, -0.25) is 14.9 Å². The summed E-state index contributed by atoms with van der Waals surface area (Å²) in [5, 5.41) is 5.86. The van der Waals surface area contributed by atoms with Gasteiger partial charge in [0.2, 0.25) is 11.8 Å². The normalized spacial score (nSPS) is 15.8. The van der Waals surface area contributed by atoms with Gasteiger partial charge in [-0.05, 0) is 18.7 Å². The third-order valence-electron chi connectivity index (χ3n) is 2.70. The highest BCUT2D eigenvalue weighted by molar-refractivity contribution is 6.33. The molecule has 0 aliphatic carbocycles. The standard InChI is InChI=1S/C12H14ClN3O2/c1-14-5-8-3-2-4-9(13)12(8)16-6-10(17)15-11(18)7-16/h2-4,14H,5-7H2,1H3,(H,15,17,18). The van der Waals surface area contributed by atoms with Gasteiger partial charge in [-0.1, -0.05) is 23.7 Å². The predicted octanol–water partition coefficient (Wildman–Crippen LogP) is 0.522. The monoisotopic (exact) mass is 267 g/mol. The Morgan fingerprint density at radius 1 is 1.33 bits per heavy atom. The molecule has 0 unspecified atom stereocenters. The van der Waals surface area contributed by atoms with E-state index in [1.807, 2.05) is 19.2 Å². The molecule has 5 nitrogen and oxygen atoms in total. The van der Waals surface area contributed by atoms with Gasteiger partial charge in [-0.25, -0.2) is 0 Å². The molecule has 1 aliphatic heterocycles. The van der Waals surface area contributed by atoms with Crippen molar-refractivity contribution in [3.8, 4) is 0 Å². The minimum absolute atomic E-state index is 0.145. The Kier molecular flexibility index (Phi) is 3.84. The Bertz CT molecular complexity index is 474. The topological polar surface area (TPSA) is 61.4 Å². The van der Waals surface area contributed by atoms with E-state index in [1.54, 1.807) is 11.0 Å². The lowest BCUT2D eigenvalue weighted by Gasteiger charge is -2.30. The van der Waals surface area contributed by atoms with Crippen molar-refractivity contribution in [3.63, 3.8) is 0 Å². The summed E-state index contributed by atoms with van der Waals surface area (Å²) in [6, 6.07) is 5.53. The van der Waals surface area contributed by atoms with Crippen LogP contribution in [0.2, 0.25) is 5.02 Å². The number of imide groups is 1. The Hall–Kier alpha value is -1.59. The zero-order valence-corrected chi connectivity index (χ0v) is 10.8. The van der Waals surface area contributed by atoms with E-state index in [9.17, 15) is 9.59 Å². The van der Waals surface area contributed by atoms with Gasteiger partial charge in [0.25, 0.3) is 0 Å². The van der Waals surface area contributed by atoms with E-state index in [-0.39, 0.29) is 24.9 Å². The minimum atomic E-state index is -0.304. The molecule has 0 saturated carbocycles. The van der Waals surface area contributed by atoms with E-state index in [2.05, 4.69) is 10.6 Å². The lowest BCUT2D eigenvalue weighted by atomic mass is 10.1. The molecule has 6 heteroatoms. The molecule has 0 aromatic heterocycles. The predicted molar refractivity (Wildman–Crippen MR) is 69.6 cm³/mol. The number of carbonyl (C=O) groups excluding carboxylic acids is 2. The number of piperazine rings is 1. The Morgan fingerprint density at radius 3 is 2.61 bits per heavy atom. The second-order valence-corrected chi connectivity index (χ2v) is 4.51. The number of carbonyl (C=O) groups is 2. The first-order valence-corrected chi connectivity index (χ1v) is 5.99. The van der Waals surface area contributed by atoms with Gasteiger partial charge in [0.15, 0.2) is 0 Å². The maximum atomic E-state index is 11.4. The molecule has 0 spiro atoms. The van der Waals surface area contributed by atoms with Crippen LogP contribution in [0.5, 0.6) is 0 Å². The molecule has 0 bridgehead atoms. The van der Waals surface area contributed by atoms with Gasteiger partial charge in [-0.15, -0.1) is 0 Å². The van der Waals surface area contributed by atoms with Crippen LogP contribution in [-0.2, 0) is 16.1 Å². The highest BCUT2D eigenvalue weighted by atomic mass is 35.5. The van der Waals surface area contributed by atoms with E-state index >= 15 is 0 Å². The maximum absolute atomic E-state index is 11.4. The number of benzene rings is 1. The van der Waals surface area contributed by atoms with Crippen molar-refractivity contribution in [1.82, 2.24) is 10.6 Å². The van der Waals surface area contributed by atoms with Crippen LogP contribution in [0, 0.1) is 0 Å². The number of para-hydroxylation sites is 1. The van der Waals surface area contributed by atoms with Crippen molar-refractivity contribution in [3.05, 3.63) is 28.8 Å². The van der Waals surface area contributed by atoms with Crippen molar-refractivity contribution >= 4 is 29.1 Å². The van der Waals surface area contributed by atoms with Crippen LogP contribution in [-0.4, -0.2) is 32.0 Å². The molecular weight excluding hydrogens is 254 g/mol. The smallest absolute Gasteiger partial charge is 0.246 e. The zero-order valence-electron chi connectivity index (χ0n) is 10.00. The van der Waals surface area contributed by atoms with Crippen LogP contribution in [0.25, 0.3) is 0 Å². The van der Waals surface area contributed by atoms with Crippen molar-refractivity contribution in [2.24, 2.45) is 0 Å². The van der Waals surface area contributed by atoms with E-state index in [1.165, 1.54) is 0 Å². The molecular formula is C12H14ClN3O2. The quantitative estimate of drug-likeness (QED) is 0.784. The Balaban J connectivity index is 2.36. The van der Waals surface area contributed by atoms with Gasteiger partial charge in [0, 0.05) is 6.54 Å². The molecule has 0 atom stereocenters. The van der Waals surface area contributed by atoms with Crippen LogP contribution >= 0.6 is 11.6 Å². The summed E-state index contributed by atoms with van der Waals surface area (Å²) in [7, 11) is 1.83. The second kappa shape index (κ2) is 5.37. The number of amides is 2. The summed E-state index contributed by atoms with van der Waals surface area (Å²) in [5.41, 5.74) is 1.71. The SMILES string of the molecule is CNCc1cccc(Cl)c1N1CC(=O)NC(=O)C1. The molecule has 1 aromatic rings.